The van der Waals surface area contributed by atoms with Gasteiger partial charge in [0.15, 0.2) is 0 Å². The Morgan fingerprint density at radius 3 is 2.31 bits per heavy atom. The summed E-state index contributed by atoms with van der Waals surface area (Å²) in [6.07, 6.45) is 5.59. The zero-order valence-electron chi connectivity index (χ0n) is 11.3. The van der Waals surface area contributed by atoms with Gasteiger partial charge in [0, 0.05) is 6.54 Å². The van der Waals surface area contributed by atoms with Crippen molar-refractivity contribution in [3.63, 3.8) is 0 Å². The molecule has 2 aliphatic rings. The van der Waals surface area contributed by atoms with Crippen LogP contribution < -0.4 is 5.32 Å². The summed E-state index contributed by atoms with van der Waals surface area (Å²) in [4.78, 5) is 2.68. The van der Waals surface area contributed by atoms with Crippen molar-refractivity contribution in [3.05, 3.63) is 0 Å². The molecule has 2 nitrogen and oxygen atoms in total. The smallest absolute Gasteiger partial charge is 0.000924 e. The highest BCUT2D eigenvalue weighted by molar-refractivity contribution is 4.92. The highest BCUT2D eigenvalue weighted by atomic mass is 15.1. The molecule has 2 aliphatic heterocycles. The van der Waals surface area contributed by atoms with Gasteiger partial charge < -0.3 is 10.2 Å². The summed E-state index contributed by atoms with van der Waals surface area (Å²) in [5, 5.41) is 3.54. The third-order valence-electron chi connectivity index (χ3n) is 4.43. The molecule has 0 aromatic heterocycles. The first-order valence-electron chi connectivity index (χ1n) is 6.92. The molecule has 0 aliphatic carbocycles. The molecule has 94 valence electrons. The third kappa shape index (κ3) is 3.21. The first-order chi connectivity index (χ1) is 7.49. The van der Waals surface area contributed by atoms with E-state index in [9.17, 15) is 0 Å². The molecule has 0 unspecified atom stereocenters. The van der Waals surface area contributed by atoms with Crippen LogP contribution in [0.2, 0.25) is 0 Å². The number of nitrogens with one attached hydrogen (secondary N) is 1. The van der Waals surface area contributed by atoms with Gasteiger partial charge in [-0.1, -0.05) is 20.8 Å². The van der Waals surface area contributed by atoms with Gasteiger partial charge in [0.25, 0.3) is 0 Å². The Kier molecular flexibility index (Phi) is 3.60. The van der Waals surface area contributed by atoms with Crippen LogP contribution in [0.4, 0.5) is 0 Å². The van der Waals surface area contributed by atoms with Gasteiger partial charge >= 0.3 is 0 Å². The largest absolute Gasteiger partial charge is 0.316 e. The van der Waals surface area contributed by atoms with Crippen LogP contribution in [-0.4, -0.2) is 37.6 Å². The molecule has 0 radical (unpaired) electrons. The number of likely N-dealkylation sites (tertiary alicyclic amines) is 1. The normalized spacial score (nSPS) is 26.4. The molecule has 16 heavy (non-hydrogen) atoms. The van der Waals surface area contributed by atoms with E-state index in [0.29, 0.717) is 10.8 Å². The standard InChI is InChI=1S/C14H28N2/c1-13(2,3)5-9-16-10-6-14(7-11-16)4-8-15-12-14/h15H,4-12H2,1-3H3. The molecule has 0 amide bonds. The van der Waals surface area contributed by atoms with Gasteiger partial charge in [-0.3, -0.25) is 0 Å². The summed E-state index contributed by atoms with van der Waals surface area (Å²) >= 11 is 0. The van der Waals surface area contributed by atoms with Gasteiger partial charge in [0.05, 0.1) is 0 Å². The second-order valence-corrected chi connectivity index (χ2v) is 7.08. The van der Waals surface area contributed by atoms with Crippen molar-refractivity contribution in [2.24, 2.45) is 10.8 Å². The van der Waals surface area contributed by atoms with E-state index in [4.69, 9.17) is 0 Å². The summed E-state index contributed by atoms with van der Waals surface area (Å²) < 4.78 is 0. The zero-order valence-corrected chi connectivity index (χ0v) is 11.3. The Labute approximate surface area is 101 Å². The van der Waals surface area contributed by atoms with Crippen LogP contribution >= 0.6 is 0 Å². The maximum absolute atomic E-state index is 3.54. The molecule has 0 bridgehead atoms. The van der Waals surface area contributed by atoms with Crippen molar-refractivity contribution in [2.45, 2.75) is 46.5 Å². The quantitative estimate of drug-likeness (QED) is 0.775. The number of piperidine rings is 1. The lowest BCUT2D eigenvalue weighted by atomic mass is 9.77. The average molecular weight is 224 g/mol. The molecule has 2 heteroatoms. The molecule has 0 saturated carbocycles. The minimum Gasteiger partial charge on any atom is -0.316 e. The molecule has 0 aromatic carbocycles. The minimum absolute atomic E-state index is 0.490. The number of hydrogen-bond donors (Lipinski definition) is 1. The number of hydrogen-bond acceptors (Lipinski definition) is 2. The molecule has 2 rings (SSSR count). The van der Waals surface area contributed by atoms with Crippen LogP contribution in [0.3, 0.4) is 0 Å². The van der Waals surface area contributed by atoms with Crippen LogP contribution in [-0.2, 0) is 0 Å². The van der Waals surface area contributed by atoms with E-state index >= 15 is 0 Å². The van der Waals surface area contributed by atoms with Gasteiger partial charge in [0.1, 0.15) is 0 Å². The summed E-state index contributed by atoms with van der Waals surface area (Å²) in [5.41, 5.74) is 1.17. The fourth-order valence-electron chi connectivity index (χ4n) is 2.97. The molecule has 0 atom stereocenters. The second-order valence-electron chi connectivity index (χ2n) is 7.08. The first kappa shape index (κ1) is 12.4. The van der Waals surface area contributed by atoms with Gasteiger partial charge in [-0.2, -0.15) is 0 Å². The van der Waals surface area contributed by atoms with Crippen LogP contribution in [0.15, 0.2) is 0 Å². The SMILES string of the molecule is CC(C)(C)CCN1CCC2(CCNC2)CC1. The van der Waals surface area contributed by atoms with Crippen molar-refractivity contribution in [2.75, 3.05) is 32.7 Å². The highest BCUT2D eigenvalue weighted by Crippen LogP contribution is 2.37. The molecule has 0 aromatic rings. The molecule has 2 saturated heterocycles. The Bertz CT molecular complexity index is 213. The van der Waals surface area contributed by atoms with Crippen molar-refractivity contribution < 1.29 is 0 Å². The third-order valence-corrected chi connectivity index (χ3v) is 4.43. The molecule has 2 fully saturated rings. The van der Waals surface area contributed by atoms with E-state index in [2.05, 4.69) is 31.0 Å². The summed E-state index contributed by atoms with van der Waals surface area (Å²) in [5.74, 6) is 0. The summed E-state index contributed by atoms with van der Waals surface area (Å²) in [7, 11) is 0. The van der Waals surface area contributed by atoms with Crippen LogP contribution in [0.5, 0.6) is 0 Å². The highest BCUT2D eigenvalue weighted by Gasteiger charge is 2.36. The average Bonchev–Trinajstić information content (AvgIpc) is 2.65. The zero-order chi connectivity index (χ0) is 11.6. The summed E-state index contributed by atoms with van der Waals surface area (Å²) in [6.45, 7) is 13.5. The Balaban J connectivity index is 1.73. The molecular weight excluding hydrogens is 196 g/mol. The van der Waals surface area contributed by atoms with Gasteiger partial charge in [-0.15, -0.1) is 0 Å². The van der Waals surface area contributed by atoms with Crippen molar-refractivity contribution in [1.82, 2.24) is 10.2 Å². The minimum atomic E-state index is 0.490. The van der Waals surface area contributed by atoms with E-state index in [1.807, 2.05) is 0 Å². The van der Waals surface area contributed by atoms with Crippen LogP contribution in [0, 0.1) is 10.8 Å². The van der Waals surface area contributed by atoms with Crippen molar-refractivity contribution >= 4 is 0 Å². The Morgan fingerprint density at radius 2 is 1.81 bits per heavy atom. The fraction of sp³-hybridized carbons (Fsp3) is 1.00. The Morgan fingerprint density at radius 1 is 1.12 bits per heavy atom. The molecule has 2 heterocycles. The topological polar surface area (TPSA) is 15.3 Å². The van der Waals surface area contributed by atoms with E-state index in [1.54, 1.807) is 0 Å². The van der Waals surface area contributed by atoms with Crippen molar-refractivity contribution in [1.29, 1.82) is 0 Å². The number of rotatable bonds is 2. The second kappa shape index (κ2) is 4.66. The molecule has 1 spiro atoms. The number of nitrogens with zero attached hydrogens (tertiary/aromatic N) is 1. The molecular formula is C14H28N2. The lowest BCUT2D eigenvalue weighted by Crippen LogP contribution is -2.42. The Hall–Kier alpha value is -0.0800. The lowest BCUT2D eigenvalue weighted by molar-refractivity contribution is 0.109. The monoisotopic (exact) mass is 224 g/mol. The van der Waals surface area contributed by atoms with Crippen LogP contribution in [0.25, 0.3) is 0 Å². The fourth-order valence-corrected chi connectivity index (χ4v) is 2.97. The first-order valence-corrected chi connectivity index (χ1v) is 6.92. The predicted molar refractivity (Wildman–Crippen MR) is 69.7 cm³/mol. The van der Waals surface area contributed by atoms with Gasteiger partial charge in [-0.05, 0) is 62.7 Å². The molecule has 1 N–H and O–H groups in total. The predicted octanol–water partition coefficient (Wildman–Crippen LogP) is 2.50. The van der Waals surface area contributed by atoms with Gasteiger partial charge in [-0.25, -0.2) is 0 Å². The van der Waals surface area contributed by atoms with Crippen LogP contribution in [0.1, 0.15) is 46.5 Å². The van der Waals surface area contributed by atoms with E-state index in [1.165, 1.54) is 58.4 Å². The van der Waals surface area contributed by atoms with E-state index < -0.39 is 0 Å². The summed E-state index contributed by atoms with van der Waals surface area (Å²) in [6, 6.07) is 0. The van der Waals surface area contributed by atoms with E-state index in [0.717, 1.165) is 0 Å². The van der Waals surface area contributed by atoms with Gasteiger partial charge in [0.2, 0.25) is 0 Å². The van der Waals surface area contributed by atoms with E-state index in [-0.39, 0.29) is 0 Å². The lowest BCUT2D eigenvalue weighted by Gasteiger charge is -2.39. The van der Waals surface area contributed by atoms with Crippen molar-refractivity contribution in [3.8, 4) is 0 Å². The maximum atomic E-state index is 3.54. The maximum Gasteiger partial charge on any atom is 0.000924 e.